The summed E-state index contributed by atoms with van der Waals surface area (Å²) in [5, 5.41) is 12.4. The number of nitrogens with one attached hydrogen (secondary N) is 1. The van der Waals surface area contributed by atoms with Crippen LogP contribution in [-0.4, -0.2) is 34.4 Å². The molecule has 4 rings (SSSR count). The molecular formula is C18H19ClN4O2. The molecule has 0 unspecified atom stereocenters. The van der Waals surface area contributed by atoms with E-state index in [2.05, 4.69) is 15.5 Å². The quantitative estimate of drug-likeness (QED) is 0.711. The summed E-state index contributed by atoms with van der Waals surface area (Å²) in [7, 11) is 0. The number of rotatable bonds is 5. The second kappa shape index (κ2) is 7.29. The monoisotopic (exact) mass is 358 g/mol. The molecule has 0 atom stereocenters. The van der Waals surface area contributed by atoms with E-state index < -0.39 is 0 Å². The number of halogens is 1. The van der Waals surface area contributed by atoms with Crippen LogP contribution < -0.4 is 14.8 Å². The zero-order valence-corrected chi connectivity index (χ0v) is 14.5. The Labute approximate surface area is 150 Å². The summed E-state index contributed by atoms with van der Waals surface area (Å²) < 4.78 is 13.4. The van der Waals surface area contributed by atoms with Gasteiger partial charge in [0.2, 0.25) is 0 Å². The zero-order valence-electron chi connectivity index (χ0n) is 13.7. The second-order valence-electron chi connectivity index (χ2n) is 5.93. The van der Waals surface area contributed by atoms with Gasteiger partial charge in [-0.05, 0) is 29.8 Å². The Hall–Kier alpha value is -2.31. The van der Waals surface area contributed by atoms with Crippen molar-refractivity contribution in [2.24, 2.45) is 0 Å². The standard InChI is InChI=1S/C18H19ClN4O2/c19-14-10-13(11-15-18(14)25-9-3-8-24-15)12-20-6-5-17-22-21-16-4-1-2-7-23(16)17/h1-2,4,7,10-11,20H,3,5-6,8-9,12H2. The largest absolute Gasteiger partial charge is 0.489 e. The van der Waals surface area contributed by atoms with Crippen LogP contribution in [0.2, 0.25) is 5.02 Å². The molecule has 0 aliphatic carbocycles. The fourth-order valence-electron chi connectivity index (χ4n) is 2.88. The van der Waals surface area contributed by atoms with E-state index in [0.29, 0.717) is 30.5 Å². The van der Waals surface area contributed by atoms with Crippen molar-refractivity contribution in [3.63, 3.8) is 0 Å². The van der Waals surface area contributed by atoms with Crippen LogP contribution in [0.15, 0.2) is 36.5 Å². The van der Waals surface area contributed by atoms with Crippen LogP contribution in [0, 0.1) is 0 Å². The van der Waals surface area contributed by atoms with Crippen molar-refractivity contribution < 1.29 is 9.47 Å². The Bertz CT molecular complexity index is 881. The molecule has 7 heteroatoms. The SMILES string of the molecule is Clc1cc(CNCCc2nnc3ccccn23)cc2c1OCCCO2. The second-order valence-corrected chi connectivity index (χ2v) is 6.33. The molecule has 3 aromatic rings. The fraction of sp³-hybridized carbons (Fsp3) is 0.333. The first kappa shape index (κ1) is 16.2. The molecule has 0 fully saturated rings. The van der Waals surface area contributed by atoms with Crippen molar-refractivity contribution in [2.45, 2.75) is 19.4 Å². The lowest BCUT2D eigenvalue weighted by molar-refractivity contribution is 0.297. The molecule has 2 aromatic heterocycles. The van der Waals surface area contributed by atoms with Crippen LogP contribution in [-0.2, 0) is 13.0 Å². The highest BCUT2D eigenvalue weighted by molar-refractivity contribution is 6.32. The van der Waals surface area contributed by atoms with E-state index in [1.807, 2.05) is 40.9 Å². The van der Waals surface area contributed by atoms with Crippen LogP contribution in [0.4, 0.5) is 0 Å². The molecule has 0 radical (unpaired) electrons. The van der Waals surface area contributed by atoms with Crippen LogP contribution >= 0.6 is 11.6 Å². The first-order chi connectivity index (χ1) is 12.3. The fourth-order valence-corrected chi connectivity index (χ4v) is 3.17. The average Bonchev–Trinajstić information content (AvgIpc) is 2.87. The van der Waals surface area contributed by atoms with Gasteiger partial charge in [0.05, 0.1) is 18.2 Å². The number of hydrogen-bond donors (Lipinski definition) is 1. The van der Waals surface area contributed by atoms with Crippen molar-refractivity contribution in [3.05, 3.63) is 52.9 Å². The van der Waals surface area contributed by atoms with Gasteiger partial charge in [0.1, 0.15) is 5.82 Å². The van der Waals surface area contributed by atoms with Gasteiger partial charge in [0.25, 0.3) is 0 Å². The molecule has 1 aromatic carbocycles. The van der Waals surface area contributed by atoms with Crippen LogP contribution in [0.1, 0.15) is 17.8 Å². The molecule has 1 aliphatic heterocycles. The van der Waals surface area contributed by atoms with E-state index in [1.54, 1.807) is 0 Å². The van der Waals surface area contributed by atoms with Crippen LogP contribution in [0.3, 0.4) is 0 Å². The molecule has 0 bridgehead atoms. The van der Waals surface area contributed by atoms with Crippen LogP contribution in [0.25, 0.3) is 5.65 Å². The maximum absolute atomic E-state index is 6.32. The van der Waals surface area contributed by atoms with Gasteiger partial charge in [-0.15, -0.1) is 10.2 Å². The topological polar surface area (TPSA) is 60.7 Å². The third-order valence-corrected chi connectivity index (χ3v) is 4.38. The van der Waals surface area contributed by atoms with Gasteiger partial charge in [-0.1, -0.05) is 17.7 Å². The number of pyridine rings is 1. The number of fused-ring (bicyclic) bond motifs is 2. The van der Waals surface area contributed by atoms with E-state index in [-0.39, 0.29) is 0 Å². The summed E-state index contributed by atoms with van der Waals surface area (Å²) in [6, 6.07) is 9.80. The van der Waals surface area contributed by atoms with Gasteiger partial charge in [-0.25, -0.2) is 0 Å². The number of ether oxygens (including phenoxy) is 2. The Kier molecular flexibility index (Phi) is 4.72. The maximum atomic E-state index is 6.32. The summed E-state index contributed by atoms with van der Waals surface area (Å²) in [5.74, 6) is 2.32. The van der Waals surface area contributed by atoms with Crippen molar-refractivity contribution >= 4 is 17.2 Å². The van der Waals surface area contributed by atoms with Crippen molar-refractivity contribution in [3.8, 4) is 11.5 Å². The number of benzene rings is 1. The predicted octanol–water partition coefficient (Wildman–Crippen LogP) is 2.88. The van der Waals surface area contributed by atoms with Gasteiger partial charge >= 0.3 is 0 Å². The van der Waals surface area contributed by atoms with E-state index in [4.69, 9.17) is 21.1 Å². The normalized spacial score (nSPS) is 13.8. The summed E-state index contributed by atoms with van der Waals surface area (Å²) in [5.41, 5.74) is 1.94. The molecule has 6 nitrogen and oxygen atoms in total. The smallest absolute Gasteiger partial charge is 0.179 e. The zero-order chi connectivity index (χ0) is 17.1. The summed E-state index contributed by atoms with van der Waals surface area (Å²) in [6.07, 6.45) is 3.64. The van der Waals surface area contributed by atoms with Crippen LogP contribution in [0.5, 0.6) is 11.5 Å². The molecule has 130 valence electrons. The molecular weight excluding hydrogens is 340 g/mol. The number of nitrogens with zero attached hydrogens (tertiary/aromatic N) is 3. The highest BCUT2D eigenvalue weighted by atomic mass is 35.5. The summed E-state index contributed by atoms with van der Waals surface area (Å²) in [4.78, 5) is 0. The van der Waals surface area contributed by atoms with Crippen molar-refractivity contribution in [1.82, 2.24) is 19.9 Å². The van der Waals surface area contributed by atoms with Gasteiger partial charge in [0, 0.05) is 32.1 Å². The minimum Gasteiger partial charge on any atom is -0.489 e. The van der Waals surface area contributed by atoms with Gasteiger partial charge in [-0.3, -0.25) is 4.40 Å². The molecule has 0 spiro atoms. The summed E-state index contributed by atoms with van der Waals surface area (Å²) >= 11 is 6.32. The van der Waals surface area contributed by atoms with Crippen molar-refractivity contribution in [2.75, 3.05) is 19.8 Å². The van der Waals surface area contributed by atoms with Gasteiger partial charge in [0.15, 0.2) is 17.1 Å². The Morgan fingerprint density at radius 3 is 3.04 bits per heavy atom. The molecule has 0 amide bonds. The summed E-state index contributed by atoms with van der Waals surface area (Å²) in [6.45, 7) is 2.78. The lowest BCUT2D eigenvalue weighted by Crippen LogP contribution is -2.18. The molecule has 0 saturated heterocycles. The maximum Gasteiger partial charge on any atom is 0.179 e. The Morgan fingerprint density at radius 2 is 2.08 bits per heavy atom. The lowest BCUT2D eigenvalue weighted by Gasteiger charge is -2.12. The lowest BCUT2D eigenvalue weighted by atomic mass is 10.2. The van der Waals surface area contributed by atoms with Gasteiger partial charge < -0.3 is 14.8 Å². The molecule has 1 N–H and O–H groups in total. The van der Waals surface area contributed by atoms with E-state index in [0.717, 1.165) is 42.2 Å². The first-order valence-corrected chi connectivity index (χ1v) is 8.76. The Morgan fingerprint density at radius 1 is 1.16 bits per heavy atom. The van der Waals surface area contributed by atoms with E-state index in [9.17, 15) is 0 Å². The highest BCUT2D eigenvalue weighted by Gasteiger charge is 2.15. The highest BCUT2D eigenvalue weighted by Crippen LogP contribution is 2.37. The number of hydrogen-bond acceptors (Lipinski definition) is 5. The number of aromatic nitrogens is 3. The minimum atomic E-state index is 0.597. The molecule has 25 heavy (non-hydrogen) atoms. The average molecular weight is 359 g/mol. The Balaban J connectivity index is 1.37. The van der Waals surface area contributed by atoms with E-state index in [1.165, 1.54) is 0 Å². The molecule has 1 aliphatic rings. The molecule has 3 heterocycles. The third-order valence-electron chi connectivity index (χ3n) is 4.10. The molecule has 0 saturated carbocycles. The first-order valence-electron chi connectivity index (χ1n) is 8.38. The predicted molar refractivity (Wildman–Crippen MR) is 95.5 cm³/mol. The van der Waals surface area contributed by atoms with Gasteiger partial charge in [-0.2, -0.15) is 0 Å². The minimum absolute atomic E-state index is 0.597. The van der Waals surface area contributed by atoms with Crippen molar-refractivity contribution in [1.29, 1.82) is 0 Å². The van der Waals surface area contributed by atoms with E-state index >= 15 is 0 Å². The third kappa shape index (κ3) is 3.55.